The second-order valence-corrected chi connectivity index (χ2v) is 11.8. The fraction of sp³-hybridized carbons (Fsp3) is 0.323. The van der Waals surface area contributed by atoms with Gasteiger partial charge in [-0.05, 0) is 101 Å². The molecule has 8 heteroatoms. The predicted molar refractivity (Wildman–Crippen MR) is 164 cm³/mol. The summed E-state index contributed by atoms with van der Waals surface area (Å²) in [5, 5.41) is 7.78. The summed E-state index contributed by atoms with van der Waals surface area (Å²) in [6.07, 6.45) is 6.04. The Balaban J connectivity index is 1.38. The molecule has 3 aliphatic heterocycles. The van der Waals surface area contributed by atoms with E-state index in [1.807, 2.05) is 54.7 Å². The van der Waals surface area contributed by atoms with Gasteiger partial charge in [-0.3, -0.25) is 19.5 Å². The van der Waals surface area contributed by atoms with E-state index in [4.69, 9.17) is 4.74 Å². The number of methoxy groups -OCH3 is 1. The number of anilines is 2. The van der Waals surface area contributed by atoms with Crippen LogP contribution in [0.1, 0.15) is 30.0 Å². The first-order valence-electron chi connectivity index (χ1n) is 13.3. The number of nitrogens with one attached hydrogen (secondary N) is 2. The highest BCUT2D eigenvalue weighted by Gasteiger charge is 2.43. The van der Waals surface area contributed by atoms with Gasteiger partial charge in [0.25, 0.3) is 10.9 Å². The standard InChI is InChI=1S/C31H31IN4O3/c1-3-19-17-36-13-11-20(19)14-26(36)27(23-10-12-33-25-9-8-22(39-2)15-24(23)25)35-29-28(30(37)31(29)38)34-16-18-4-6-21(32)7-5-18/h3-10,12,15,19-20,26-27,34-35H,1,11,13-14,16-17H2,2H3/t19-,20-,26-,27-/m0/s1. The van der Waals surface area contributed by atoms with E-state index in [0.29, 0.717) is 29.8 Å². The Bertz CT molecular complexity index is 1590. The summed E-state index contributed by atoms with van der Waals surface area (Å²) < 4.78 is 6.68. The third-order valence-corrected chi connectivity index (χ3v) is 9.17. The van der Waals surface area contributed by atoms with Gasteiger partial charge in [0.05, 0.1) is 18.7 Å². The van der Waals surface area contributed by atoms with Crippen LogP contribution in [0.15, 0.2) is 77.0 Å². The van der Waals surface area contributed by atoms with Gasteiger partial charge in [0.2, 0.25) is 0 Å². The Morgan fingerprint density at radius 2 is 1.95 bits per heavy atom. The average Bonchev–Trinajstić information content (AvgIpc) is 2.99. The number of rotatable bonds is 9. The zero-order valence-corrected chi connectivity index (χ0v) is 24.0. The van der Waals surface area contributed by atoms with Crippen LogP contribution in [-0.2, 0) is 6.54 Å². The van der Waals surface area contributed by atoms with Crippen LogP contribution in [0.25, 0.3) is 10.9 Å². The van der Waals surface area contributed by atoms with E-state index in [-0.39, 0.29) is 12.1 Å². The number of piperidine rings is 3. The summed E-state index contributed by atoms with van der Waals surface area (Å²) in [5.41, 5.74) is 2.74. The first-order chi connectivity index (χ1) is 19.0. The normalized spacial score (nSPS) is 23.0. The largest absolute Gasteiger partial charge is 0.497 e. The van der Waals surface area contributed by atoms with Crippen molar-refractivity contribution in [1.82, 2.24) is 9.88 Å². The van der Waals surface area contributed by atoms with Crippen LogP contribution < -0.4 is 26.2 Å². The van der Waals surface area contributed by atoms with Crippen LogP contribution in [0.4, 0.5) is 11.4 Å². The molecule has 0 spiro atoms. The van der Waals surface area contributed by atoms with Gasteiger partial charge < -0.3 is 15.4 Å². The number of pyridine rings is 1. The Morgan fingerprint density at radius 1 is 1.15 bits per heavy atom. The third kappa shape index (κ3) is 4.84. The maximum absolute atomic E-state index is 12.9. The molecule has 7 rings (SSSR count). The molecule has 0 aliphatic carbocycles. The molecular weight excluding hydrogens is 603 g/mol. The molecule has 2 N–H and O–H groups in total. The van der Waals surface area contributed by atoms with Crippen molar-refractivity contribution < 1.29 is 4.74 Å². The highest BCUT2D eigenvalue weighted by molar-refractivity contribution is 14.1. The molecule has 1 unspecified atom stereocenters. The molecule has 3 fully saturated rings. The Morgan fingerprint density at radius 3 is 2.67 bits per heavy atom. The minimum Gasteiger partial charge on any atom is -0.497 e. The van der Waals surface area contributed by atoms with Crippen molar-refractivity contribution in [3.8, 4) is 5.75 Å². The first-order valence-corrected chi connectivity index (χ1v) is 14.4. The molecule has 3 aliphatic rings. The molecule has 3 saturated heterocycles. The summed E-state index contributed by atoms with van der Waals surface area (Å²) in [5.74, 6) is 1.78. The van der Waals surface area contributed by atoms with Crippen molar-refractivity contribution in [3.05, 3.63) is 103 Å². The van der Waals surface area contributed by atoms with Gasteiger partial charge >= 0.3 is 0 Å². The van der Waals surface area contributed by atoms with Crippen LogP contribution in [0.3, 0.4) is 0 Å². The molecule has 0 radical (unpaired) electrons. The third-order valence-electron chi connectivity index (χ3n) is 8.45. The molecular formula is C31H31IN4O3. The second kappa shape index (κ2) is 10.7. The number of fused-ring (bicyclic) bond motifs is 4. The molecule has 4 aromatic rings. The van der Waals surface area contributed by atoms with Crippen molar-refractivity contribution in [2.24, 2.45) is 11.8 Å². The number of hydrogen-bond acceptors (Lipinski definition) is 7. The van der Waals surface area contributed by atoms with Gasteiger partial charge in [-0.15, -0.1) is 6.58 Å². The first kappa shape index (κ1) is 26.0. The minimum atomic E-state index is -0.472. The Kier molecular flexibility index (Phi) is 7.16. The van der Waals surface area contributed by atoms with Crippen molar-refractivity contribution in [3.63, 3.8) is 0 Å². The number of nitrogens with zero attached hydrogens (tertiary/aromatic N) is 2. The molecule has 4 heterocycles. The summed E-state index contributed by atoms with van der Waals surface area (Å²) in [6, 6.07) is 16.0. The van der Waals surface area contributed by atoms with Crippen LogP contribution in [0, 0.1) is 15.4 Å². The summed E-state index contributed by atoms with van der Waals surface area (Å²) in [7, 11) is 1.66. The predicted octanol–water partition coefficient (Wildman–Crippen LogP) is 5.11. The Hall–Kier alpha value is -3.24. The number of hydrogen-bond donors (Lipinski definition) is 2. The maximum Gasteiger partial charge on any atom is 0.253 e. The van der Waals surface area contributed by atoms with Gasteiger partial charge in [0, 0.05) is 34.3 Å². The van der Waals surface area contributed by atoms with E-state index in [9.17, 15) is 9.59 Å². The van der Waals surface area contributed by atoms with E-state index in [1.165, 1.54) is 0 Å². The van der Waals surface area contributed by atoms with Crippen LogP contribution in [0.5, 0.6) is 5.75 Å². The number of ether oxygens (including phenoxy) is 1. The van der Waals surface area contributed by atoms with Gasteiger partial charge in [0.1, 0.15) is 17.1 Å². The lowest BCUT2D eigenvalue weighted by Gasteiger charge is -2.52. The molecule has 0 saturated carbocycles. The fourth-order valence-electron chi connectivity index (χ4n) is 6.30. The lowest BCUT2D eigenvalue weighted by Crippen LogP contribution is -2.56. The van der Waals surface area contributed by atoms with Crippen molar-refractivity contribution in [2.45, 2.75) is 31.5 Å². The molecule has 3 aromatic carbocycles. The van der Waals surface area contributed by atoms with Crippen LogP contribution in [0.2, 0.25) is 0 Å². The summed E-state index contributed by atoms with van der Waals surface area (Å²) >= 11 is 2.27. The number of aromatic nitrogens is 1. The number of benzene rings is 2. The fourth-order valence-corrected chi connectivity index (χ4v) is 6.66. The van der Waals surface area contributed by atoms with E-state index in [0.717, 1.165) is 57.3 Å². The minimum absolute atomic E-state index is 0.158. The van der Waals surface area contributed by atoms with Crippen molar-refractivity contribution >= 4 is 44.9 Å². The highest BCUT2D eigenvalue weighted by Crippen LogP contribution is 2.43. The average molecular weight is 635 g/mol. The van der Waals surface area contributed by atoms with Gasteiger partial charge in [-0.25, -0.2) is 0 Å². The van der Waals surface area contributed by atoms with E-state index in [2.05, 4.69) is 55.8 Å². The van der Waals surface area contributed by atoms with Gasteiger partial charge in [0.15, 0.2) is 0 Å². The monoisotopic (exact) mass is 634 g/mol. The van der Waals surface area contributed by atoms with Crippen LogP contribution in [-0.4, -0.2) is 36.1 Å². The summed E-state index contributed by atoms with van der Waals surface area (Å²) in [6.45, 7) is 6.50. The molecule has 0 amide bonds. The molecule has 200 valence electrons. The molecule has 7 nitrogen and oxygen atoms in total. The maximum atomic E-state index is 12.9. The van der Waals surface area contributed by atoms with Crippen molar-refractivity contribution in [1.29, 1.82) is 0 Å². The van der Waals surface area contributed by atoms with Crippen molar-refractivity contribution in [2.75, 3.05) is 30.8 Å². The number of halogens is 1. The molecule has 1 aromatic heterocycles. The summed E-state index contributed by atoms with van der Waals surface area (Å²) in [4.78, 5) is 32.7. The molecule has 5 atom stereocenters. The van der Waals surface area contributed by atoms with Gasteiger partial charge in [-0.2, -0.15) is 0 Å². The zero-order valence-electron chi connectivity index (χ0n) is 21.8. The lowest BCUT2D eigenvalue weighted by atomic mass is 9.73. The van der Waals surface area contributed by atoms with E-state index in [1.54, 1.807) is 7.11 Å². The SMILES string of the molecule is C=C[C@H]1CN2CC[C@H]1C[C@H]2[C@@H](Nc1c(NCc2ccc(I)cc2)c(=O)c1=O)c1ccnc2ccc(OC)cc12. The van der Waals surface area contributed by atoms with E-state index >= 15 is 0 Å². The highest BCUT2D eigenvalue weighted by atomic mass is 127. The molecule has 2 bridgehead atoms. The topological polar surface area (TPSA) is 83.6 Å². The zero-order chi connectivity index (χ0) is 27.1. The van der Waals surface area contributed by atoms with Crippen LogP contribution >= 0.6 is 22.6 Å². The second-order valence-electron chi connectivity index (χ2n) is 10.5. The quantitative estimate of drug-likeness (QED) is 0.151. The lowest BCUT2D eigenvalue weighted by molar-refractivity contribution is 0.0105. The van der Waals surface area contributed by atoms with Gasteiger partial charge in [-0.1, -0.05) is 18.2 Å². The van der Waals surface area contributed by atoms with E-state index < -0.39 is 10.9 Å². The Labute approximate surface area is 241 Å². The smallest absolute Gasteiger partial charge is 0.253 e. The molecule has 39 heavy (non-hydrogen) atoms.